The molecular formula is C15H21ClN4O2. The molecule has 0 bridgehead atoms. The number of hydrogen-bond acceptors (Lipinski definition) is 6. The van der Waals surface area contributed by atoms with Gasteiger partial charge in [0.25, 0.3) is 5.89 Å². The van der Waals surface area contributed by atoms with Crippen molar-refractivity contribution in [2.24, 2.45) is 10.1 Å². The van der Waals surface area contributed by atoms with Gasteiger partial charge in [-0.25, -0.2) is 0 Å². The second-order valence-electron chi connectivity index (χ2n) is 3.74. The lowest BCUT2D eigenvalue weighted by Crippen LogP contribution is -1.77. The average molecular weight is 325 g/mol. The molecule has 0 spiro atoms. The molecule has 0 N–H and O–H groups in total. The molecule has 0 aliphatic rings. The van der Waals surface area contributed by atoms with E-state index in [4.69, 9.17) is 16.1 Å². The highest BCUT2D eigenvalue weighted by Crippen LogP contribution is 2.19. The van der Waals surface area contributed by atoms with Gasteiger partial charge in [-0.1, -0.05) is 16.8 Å². The number of aryl methyl sites for hydroxylation is 1. The first-order valence-corrected chi connectivity index (χ1v) is 6.96. The van der Waals surface area contributed by atoms with Crippen LogP contribution in [0.25, 0.3) is 11.5 Å². The molecule has 0 aliphatic heterocycles. The molecule has 7 heteroatoms. The summed E-state index contributed by atoms with van der Waals surface area (Å²) in [5.74, 6) is 1.15. The van der Waals surface area contributed by atoms with E-state index in [1.54, 1.807) is 32.2 Å². The molecule has 0 saturated heterocycles. The minimum Gasteiger partial charge on any atom is -0.399 e. The maximum Gasteiger partial charge on any atom is 0.257 e. The maximum atomic E-state index is 5.74. The molecule has 0 fully saturated rings. The van der Waals surface area contributed by atoms with Gasteiger partial charge in [-0.2, -0.15) is 4.98 Å². The first-order chi connectivity index (χ1) is 10.6. The van der Waals surface area contributed by atoms with Crippen LogP contribution in [0.3, 0.4) is 0 Å². The number of rotatable bonds is 3. The van der Waals surface area contributed by atoms with Gasteiger partial charge in [-0.3, -0.25) is 0 Å². The average Bonchev–Trinajstić information content (AvgIpc) is 2.96. The fourth-order valence-electron chi connectivity index (χ4n) is 1.11. The molecule has 1 heterocycles. The Kier molecular flexibility index (Phi) is 11.3. The van der Waals surface area contributed by atoms with Crippen LogP contribution in [-0.2, 0) is 4.84 Å². The second-order valence-corrected chi connectivity index (χ2v) is 4.18. The molecule has 0 atom stereocenters. The van der Waals surface area contributed by atoms with E-state index in [2.05, 4.69) is 31.8 Å². The monoisotopic (exact) mass is 324 g/mol. The number of nitrogens with zero attached hydrogens (tertiary/aromatic N) is 4. The van der Waals surface area contributed by atoms with Crippen LogP contribution < -0.4 is 0 Å². The molecular weight excluding hydrogens is 304 g/mol. The predicted octanol–water partition coefficient (Wildman–Crippen LogP) is 4.04. The smallest absolute Gasteiger partial charge is 0.257 e. The summed E-state index contributed by atoms with van der Waals surface area (Å²) in [6.45, 7) is 9.59. The predicted molar refractivity (Wildman–Crippen MR) is 90.7 cm³/mol. The summed E-state index contributed by atoms with van der Waals surface area (Å²) in [5.41, 5.74) is 0.880. The first kappa shape index (κ1) is 19.8. The third-order valence-electron chi connectivity index (χ3n) is 2.05. The summed E-state index contributed by atoms with van der Waals surface area (Å²) in [6.07, 6.45) is 1.58. The van der Waals surface area contributed by atoms with Gasteiger partial charge in [-0.15, -0.1) is 5.16 Å². The Labute approximate surface area is 135 Å². The summed E-state index contributed by atoms with van der Waals surface area (Å²) in [6, 6.07) is 7.26. The zero-order chi connectivity index (χ0) is 16.8. The zero-order valence-electron chi connectivity index (χ0n) is 13.3. The Bertz CT molecular complexity index is 553. The largest absolute Gasteiger partial charge is 0.399 e. The van der Waals surface area contributed by atoms with E-state index >= 15 is 0 Å². The second kappa shape index (κ2) is 12.5. The number of aliphatic imine (C=N–C) groups is 1. The van der Waals surface area contributed by atoms with Gasteiger partial charge in [0, 0.05) is 23.3 Å². The number of halogens is 1. The van der Waals surface area contributed by atoms with Crippen molar-refractivity contribution in [3.63, 3.8) is 0 Å². The Balaban J connectivity index is 0.000000411. The molecule has 0 unspecified atom stereocenters. The third-order valence-corrected chi connectivity index (χ3v) is 2.31. The van der Waals surface area contributed by atoms with Crippen LogP contribution in [0.4, 0.5) is 0 Å². The van der Waals surface area contributed by atoms with E-state index in [-0.39, 0.29) is 0 Å². The summed E-state index contributed by atoms with van der Waals surface area (Å²) in [5, 5.41) is 7.74. The van der Waals surface area contributed by atoms with Crippen LogP contribution in [-0.4, -0.2) is 36.7 Å². The number of benzene rings is 1. The summed E-state index contributed by atoms with van der Waals surface area (Å²) >= 11 is 5.74. The van der Waals surface area contributed by atoms with E-state index in [0.717, 1.165) is 12.1 Å². The standard InChI is InChI=1S/C9H7ClN2O.C3H7NO.C3H7N/c1-6-11-9(13-12-6)7-2-4-8(10)5-3-7;1-3-4-5-2;1-3-4-2/h2-5H,1H3;3H,1-2H3;2-3H2,1H3/b;4-3+;. The summed E-state index contributed by atoms with van der Waals surface area (Å²) < 4.78 is 4.99. The van der Waals surface area contributed by atoms with Crippen molar-refractivity contribution in [3.8, 4) is 11.5 Å². The quantitative estimate of drug-likeness (QED) is 0.630. The van der Waals surface area contributed by atoms with E-state index in [1.165, 1.54) is 7.11 Å². The minimum absolute atomic E-state index is 0.522. The highest BCUT2D eigenvalue weighted by molar-refractivity contribution is 6.30. The fraction of sp³-hybridized carbons (Fsp3) is 0.333. The van der Waals surface area contributed by atoms with Crippen LogP contribution in [0.2, 0.25) is 5.02 Å². The van der Waals surface area contributed by atoms with E-state index in [1.807, 2.05) is 19.1 Å². The normalized spacial score (nSPS) is 9.32. The number of hydrogen-bond donors (Lipinski definition) is 0. The molecule has 120 valence electrons. The van der Waals surface area contributed by atoms with Crippen molar-refractivity contribution in [3.05, 3.63) is 35.1 Å². The number of aromatic nitrogens is 2. The van der Waals surface area contributed by atoms with Crippen LogP contribution in [0.5, 0.6) is 0 Å². The first-order valence-electron chi connectivity index (χ1n) is 6.58. The minimum atomic E-state index is 0.522. The van der Waals surface area contributed by atoms with Crippen molar-refractivity contribution in [1.82, 2.24) is 10.1 Å². The molecule has 2 aromatic rings. The molecule has 0 aliphatic carbocycles. The molecule has 0 amide bonds. The van der Waals surface area contributed by atoms with Gasteiger partial charge in [0.15, 0.2) is 5.82 Å². The topological polar surface area (TPSA) is 72.9 Å². The van der Waals surface area contributed by atoms with Gasteiger partial charge in [-0.05, 0) is 51.8 Å². The van der Waals surface area contributed by atoms with Crippen LogP contribution in [0.1, 0.15) is 19.7 Å². The summed E-state index contributed by atoms with van der Waals surface area (Å²) in [7, 11) is 1.51. The van der Waals surface area contributed by atoms with E-state index in [9.17, 15) is 0 Å². The van der Waals surface area contributed by atoms with Crippen LogP contribution >= 0.6 is 11.6 Å². The van der Waals surface area contributed by atoms with Crippen molar-refractivity contribution in [2.75, 3.05) is 13.7 Å². The Morgan fingerprint density at radius 2 is 1.95 bits per heavy atom. The van der Waals surface area contributed by atoms with Crippen molar-refractivity contribution >= 4 is 24.5 Å². The van der Waals surface area contributed by atoms with Gasteiger partial charge in [0.1, 0.15) is 7.11 Å². The highest BCUT2D eigenvalue weighted by Gasteiger charge is 2.04. The molecule has 2 rings (SSSR count). The summed E-state index contributed by atoms with van der Waals surface area (Å²) in [4.78, 5) is 11.8. The molecule has 6 nitrogen and oxygen atoms in total. The molecule has 0 saturated carbocycles. The molecule has 1 aromatic carbocycles. The molecule has 1 aromatic heterocycles. The molecule has 22 heavy (non-hydrogen) atoms. The Morgan fingerprint density at radius 3 is 2.27 bits per heavy atom. The SMILES string of the molecule is C/C=N/OC.C=NCC.Cc1noc(-c2ccc(Cl)cc2)n1. The third kappa shape index (κ3) is 8.86. The lowest BCUT2D eigenvalue weighted by Gasteiger charge is -1.92. The van der Waals surface area contributed by atoms with Gasteiger partial charge < -0.3 is 14.4 Å². The van der Waals surface area contributed by atoms with Crippen molar-refractivity contribution in [1.29, 1.82) is 0 Å². The maximum absolute atomic E-state index is 5.74. The highest BCUT2D eigenvalue weighted by atomic mass is 35.5. The van der Waals surface area contributed by atoms with E-state index < -0.39 is 0 Å². The van der Waals surface area contributed by atoms with Gasteiger partial charge in [0.05, 0.1) is 0 Å². The molecule has 0 radical (unpaired) electrons. The lowest BCUT2D eigenvalue weighted by molar-refractivity contribution is 0.215. The van der Waals surface area contributed by atoms with E-state index in [0.29, 0.717) is 16.7 Å². The van der Waals surface area contributed by atoms with Gasteiger partial charge in [0.2, 0.25) is 0 Å². The van der Waals surface area contributed by atoms with Crippen LogP contribution in [0.15, 0.2) is 38.9 Å². The van der Waals surface area contributed by atoms with Crippen molar-refractivity contribution in [2.45, 2.75) is 20.8 Å². The lowest BCUT2D eigenvalue weighted by atomic mass is 10.2. The van der Waals surface area contributed by atoms with Crippen LogP contribution in [0, 0.1) is 6.92 Å². The van der Waals surface area contributed by atoms with Gasteiger partial charge >= 0.3 is 0 Å². The van der Waals surface area contributed by atoms with Crippen molar-refractivity contribution < 1.29 is 9.36 Å². The number of oxime groups is 1. The Hall–Kier alpha value is -2.21. The Morgan fingerprint density at radius 1 is 1.36 bits per heavy atom. The fourth-order valence-corrected chi connectivity index (χ4v) is 1.24. The zero-order valence-corrected chi connectivity index (χ0v) is 14.0.